The van der Waals surface area contributed by atoms with Gasteiger partial charge >= 0.3 is 0 Å². The average molecular weight is 270 g/mol. The van der Waals surface area contributed by atoms with E-state index in [9.17, 15) is 0 Å². The van der Waals surface area contributed by atoms with Gasteiger partial charge in [-0.05, 0) is 34.1 Å². The van der Waals surface area contributed by atoms with Crippen LogP contribution in [0, 0.1) is 0 Å². The Hall–Kier alpha value is -1.00. The summed E-state index contributed by atoms with van der Waals surface area (Å²) in [7, 11) is 3.62. The summed E-state index contributed by atoms with van der Waals surface area (Å²) in [5.41, 5.74) is 1.17. The Kier molecular flexibility index (Phi) is 2.98. The second kappa shape index (κ2) is 4.24. The molecule has 0 spiro atoms. The Morgan fingerprint density at radius 3 is 2.93 bits per heavy atom. The van der Waals surface area contributed by atoms with Crippen molar-refractivity contribution in [3.63, 3.8) is 0 Å². The second-order valence-electron chi connectivity index (χ2n) is 3.32. The monoisotopic (exact) mass is 269 g/mol. The maximum absolute atomic E-state index is 5.39. The van der Waals surface area contributed by atoms with Crippen molar-refractivity contribution in [1.29, 1.82) is 0 Å². The molecular weight excluding hydrogens is 258 g/mol. The minimum Gasteiger partial charge on any atom is -0.468 e. The average Bonchev–Trinajstić information content (AvgIpc) is 2.58. The smallest absolute Gasteiger partial charge is 0.188 e. The van der Waals surface area contributed by atoms with Crippen molar-refractivity contribution in [1.82, 2.24) is 4.57 Å². The van der Waals surface area contributed by atoms with E-state index in [-0.39, 0.29) is 6.79 Å². The molecule has 1 aromatic heterocycles. The lowest BCUT2D eigenvalue weighted by Gasteiger charge is -2.06. The van der Waals surface area contributed by atoms with E-state index in [1.807, 2.05) is 25.4 Å². The van der Waals surface area contributed by atoms with Crippen LogP contribution in [0.2, 0.25) is 0 Å². The van der Waals surface area contributed by atoms with Crippen LogP contribution in [0.4, 0.5) is 0 Å². The summed E-state index contributed by atoms with van der Waals surface area (Å²) in [6, 6.07) is 6.00. The normalized spacial score (nSPS) is 10.9. The molecule has 0 unspecified atom stereocenters. The van der Waals surface area contributed by atoms with E-state index in [1.165, 1.54) is 5.52 Å². The summed E-state index contributed by atoms with van der Waals surface area (Å²) in [5.74, 6) is 0.808. The molecule has 1 heterocycles. The topological polar surface area (TPSA) is 23.4 Å². The summed E-state index contributed by atoms with van der Waals surface area (Å²) in [5, 5.41) is 1.15. The van der Waals surface area contributed by atoms with Crippen LogP contribution in [-0.4, -0.2) is 18.5 Å². The van der Waals surface area contributed by atoms with E-state index >= 15 is 0 Å². The third-order valence-corrected chi connectivity index (χ3v) is 2.84. The van der Waals surface area contributed by atoms with Gasteiger partial charge in [0.05, 0.1) is 5.52 Å². The molecule has 1 aromatic carbocycles. The molecule has 0 saturated heterocycles. The Balaban J connectivity index is 2.44. The molecule has 3 nitrogen and oxygen atoms in total. The Bertz CT molecular complexity index is 479. The molecule has 80 valence electrons. The van der Waals surface area contributed by atoms with Gasteiger partial charge < -0.3 is 14.0 Å². The van der Waals surface area contributed by atoms with Gasteiger partial charge in [0, 0.05) is 30.2 Å². The van der Waals surface area contributed by atoms with Gasteiger partial charge in [-0.3, -0.25) is 0 Å². The van der Waals surface area contributed by atoms with Crippen molar-refractivity contribution in [2.45, 2.75) is 0 Å². The molecular formula is C11H12BrNO2. The highest BCUT2D eigenvalue weighted by molar-refractivity contribution is 9.10. The lowest BCUT2D eigenvalue weighted by atomic mass is 10.2. The lowest BCUT2D eigenvalue weighted by molar-refractivity contribution is 0.0512. The largest absolute Gasteiger partial charge is 0.468 e. The molecule has 0 aliphatic rings. The first-order chi connectivity index (χ1) is 7.22. The van der Waals surface area contributed by atoms with E-state index in [0.717, 1.165) is 15.6 Å². The third kappa shape index (κ3) is 2.01. The molecule has 0 radical (unpaired) electrons. The van der Waals surface area contributed by atoms with Crippen LogP contribution in [0.5, 0.6) is 5.75 Å². The molecule has 2 rings (SSSR count). The number of hydrogen-bond donors (Lipinski definition) is 0. The molecule has 0 aliphatic heterocycles. The second-order valence-corrected chi connectivity index (χ2v) is 4.17. The number of ether oxygens (including phenoxy) is 2. The van der Waals surface area contributed by atoms with Gasteiger partial charge in [0.15, 0.2) is 6.79 Å². The Morgan fingerprint density at radius 2 is 2.20 bits per heavy atom. The van der Waals surface area contributed by atoms with Gasteiger partial charge in [-0.2, -0.15) is 0 Å². The van der Waals surface area contributed by atoms with Crippen molar-refractivity contribution < 1.29 is 9.47 Å². The number of aromatic nitrogens is 1. The van der Waals surface area contributed by atoms with Crippen LogP contribution < -0.4 is 4.74 Å². The van der Waals surface area contributed by atoms with Crippen molar-refractivity contribution in [2.75, 3.05) is 13.9 Å². The highest BCUT2D eigenvalue weighted by Crippen LogP contribution is 2.29. The first-order valence-corrected chi connectivity index (χ1v) is 5.38. The van der Waals surface area contributed by atoms with Crippen molar-refractivity contribution in [2.24, 2.45) is 7.05 Å². The van der Waals surface area contributed by atoms with Crippen LogP contribution in [0.3, 0.4) is 0 Å². The number of hydrogen-bond acceptors (Lipinski definition) is 2. The predicted molar refractivity (Wildman–Crippen MR) is 63.1 cm³/mol. The fourth-order valence-corrected chi connectivity index (χ4v) is 2.30. The van der Waals surface area contributed by atoms with Crippen LogP contribution in [0.25, 0.3) is 10.9 Å². The number of rotatable bonds is 3. The number of fused-ring (bicyclic) bond motifs is 1. The van der Waals surface area contributed by atoms with Gasteiger partial charge in [-0.15, -0.1) is 0 Å². The fourth-order valence-electron chi connectivity index (χ4n) is 1.57. The molecule has 0 bridgehead atoms. The van der Waals surface area contributed by atoms with Crippen LogP contribution in [-0.2, 0) is 11.8 Å². The Labute approximate surface area is 96.7 Å². The quantitative estimate of drug-likeness (QED) is 0.800. The maximum atomic E-state index is 5.39. The molecule has 4 heteroatoms. The third-order valence-electron chi connectivity index (χ3n) is 2.24. The van der Waals surface area contributed by atoms with E-state index in [1.54, 1.807) is 7.11 Å². The highest BCUT2D eigenvalue weighted by atomic mass is 79.9. The first kappa shape index (κ1) is 10.5. The molecule has 0 amide bonds. The molecule has 0 N–H and O–H groups in total. The molecule has 0 atom stereocenters. The molecule has 0 fully saturated rings. The predicted octanol–water partition coefficient (Wildman–Crippen LogP) is 2.92. The zero-order valence-corrected chi connectivity index (χ0v) is 10.2. The fraction of sp³-hybridized carbons (Fsp3) is 0.273. The van der Waals surface area contributed by atoms with Gasteiger partial charge in [-0.25, -0.2) is 0 Å². The van der Waals surface area contributed by atoms with E-state index in [4.69, 9.17) is 9.47 Å². The van der Waals surface area contributed by atoms with E-state index in [0.29, 0.717) is 0 Å². The highest BCUT2D eigenvalue weighted by Gasteiger charge is 2.05. The van der Waals surface area contributed by atoms with Crippen LogP contribution in [0.1, 0.15) is 0 Å². The molecule has 0 saturated carbocycles. The van der Waals surface area contributed by atoms with Gasteiger partial charge in [-0.1, -0.05) is 0 Å². The zero-order valence-electron chi connectivity index (χ0n) is 8.66. The van der Waals surface area contributed by atoms with E-state index in [2.05, 4.69) is 26.6 Å². The lowest BCUT2D eigenvalue weighted by Crippen LogP contribution is -1.98. The SMILES string of the molecule is COCOc1cc(Br)c2c(ccn2C)c1. The van der Waals surface area contributed by atoms with Gasteiger partial charge in [0.2, 0.25) is 0 Å². The summed E-state index contributed by atoms with van der Waals surface area (Å²) in [4.78, 5) is 0. The zero-order chi connectivity index (χ0) is 10.8. The first-order valence-electron chi connectivity index (χ1n) is 4.58. The van der Waals surface area contributed by atoms with Crippen LogP contribution >= 0.6 is 15.9 Å². The van der Waals surface area contributed by atoms with Crippen molar-refractivity contribution in [3.05, 3.63) is 28.9 Å². The number of methoxy groups -OCH3 is 1. The van der Waals surface area contributed by atoms with Crippen molar-refractivity contribution >= 4 is 26.8 Å². The van der Waals surface area contributed by atoms with Crippen LogP contribution in [0.15, 0.2) is 28.9 Å². The molecule has 0 aliphatic carbocycles. The number of benzene rings is 1. The maximum Gasteiger partial charge on any atom is 0.188 e. The molecule has 15 heavy (non-hydrogen) atoms. The molecule has 2 aromatic rings. The Morgan fingerprint density at radius 1 is 1.40 bits per heavy atom. The number of halogens is 1. The van der Waals surface area contributed by atoms with Gasteiger partial charge in [0.1, 0.15) is 5.75 Å². The van der Waals surface area contributed by atoms with E-state index < -0.39 is 0 Å². The summed E-state index contributed by atoms with van der Waals surface area (Å²) in [6.45, 7) is 0.269. The summed E-state index contributed by atoms with van der Waals surface area (Å²) in [6.07, 6.45) is 2.02. The minimum atomic E-state index is 0.269. The number of nitrogens with zero attached hydrogens (tertiary/aromatic N) is 1. The number of aryl methyl sites for hydroxylation is 1. The summed E-state index contributed by atoms with van der Waals surface area (Å²) < 4.78 is 13.3. The minimum absolute atomic E-state index is 0.269. The van der Waals surface area contributed by atoms with Gasteiger partial charge in [0.25, 0.3) is 0 Å². The van der Waals surface area contributed by atoms with Crippen molar-refractivity contribution in [3.8, 4) is 5.75 Å². The standard InChI is InChI=1S/C11H12BrNO2/c1-13-4-3-8-5-9(15-7-14-2)6-10(12)11(8)13/h3-6H,7H2,1-2H3. The summed E-state index contributed by atoms with van der Waals surface area (Å²) >= 11 is 3.53.